The number of aliphatic hydroxyl groups excluding tert-OH is 1. The number of hydrogen-bond donors (Lipinski definition) is 1. The van der Waals surface area contributed by atoms with Gasteiger partial charge in [0.1, 0.15) is 6.29 Å². The maximum absolute atomic E-state index is 11.1. The van der Waals surface area contributed by atoms with Crippen molar-refractivity contribution in [3.63, 3.8) is 0 Å². The molecule has 1 unspecified atom stereocenters. The van der Waals surface area contributed by atoms with Gasteiger partial charge in [-0.05, 0) is 18.8 Å². The summed E-state index contributed by atoms with van der Waals surface area (Å²) in [6, 6.07) is 0. The van der Waals surface area contributed by atoms with Gasteiger partial charge in [-0.3, -0.25) is 0 Å². The predicted molar refractivity (Wildman–Crippen MR) is 52.4 cm³/mol. The van der Waals surface area contributed by atoms with Gasteiger partial charge in [-0.25, -0.2) is 0 Å². The minimum Gasteiger partial charge on any atom is -0.396 e. The van der Waals surface area contributed by atoms with Crippen LogP contribution in [-0.2, 0) is 4.79 Å². The highest BCUT2D eigenvalue weighted by atomic mass is 16.3. The molecule has 0 radical (unpaired) electrons. The molecule has 0 aromatic carbocycles. The van der Waals surface area contributed by atoms with Crippen LogP contribution in [0.15, 0.2) is 0 Å². The molecule has 2 heteroatoms. The Balaban J connectivity index is 2.69. The molecule has 1 fully saturated rings. The van der Waals surface area contributed by atoms with Crippen molar-refractivity contribution in [2.45, 2.75) is 45.4 Å². The minimum atomic E-state index is -0.217. The van der Waals surface area contributed by atoms with Crippen LogP contribution in [0, 0.1) is 11.3 Å². The minimum absolute atomic E-state index is 0.128. The normalized spacial score (nSPS) is 24.8. The largest absolute Gasteiger partial charge is 0.396 e. The van der Waals surface area contributed by atoms with Gasteiger partial charge in [0.05, 0.1) is 0 Å². The van der Waals surface area contributed by atoms with E-state index in [4.69, 9.17) is 5.11 Å². The number of carbonyl (C=O) groups is 1. The Hall–Kier alpha value is -0.370. The van der Waals surface area contributed by atoms with Crippen molar-refractivity contribution in [2.24, 2.45) is 11.3 Å². The Labute approximate surface area is 80.3 Å². The van der Waals surface area contributed by atoms with Crippen molar-refractivity contribution in [1.29, 1.82) is 0 Å². The summed E-state index contributed by atoms with van der Waals surface area (Å²) >= 11 is 0. The first kappa shape index (κ1) is 10.7. The summed E-state index contributed by atoms with van der Waals surface area (Å²) in [4.78, 5) is 11.1. The first-order valence-corrected chi connectivity index (χ1v) is 5.32. The van der Waals surface area contributed by atoms with Gasteiger partial charge in [-0.15, -0.1) is 0 Å². The second-order valence-electron chi connectivity index (χ2n) is 4.35. The first-order chi connectivity index (χ1) is 6.25. The lowest BCUT2D eigenvalue weighted by molar-refractivity contribution is -0.120. The molecule has 0 aromatic heterocycles. The van der Waals surface area contributed by atoms with E-state index < -0.39 is 0 Å². The molecule has 1 aliphatic carbocycles. The maximum atomic E-state index is 11.1. The zero-order chi connectivity index (χ0) is 9.73. The standard InChI is InChI=1S/C11H20O2/c1-10(8-12)11(9-13)6-4-2-3-5-7-11/h9-10,12H,2-8H2,1H3. The van der Waals surface area contributed by atoms with Crippen molar-refractivity contribution in [2.75, 3.05) is 6.61 Å². The smallest absolute Gasteiger partial charge is 0.126 e. The topological polar surface area (TPSA) is 37.3 Å². The van der Waals surface area contributed by atoms with Crippen molar-refractivity contribution in [1.82, 2.24) is 0 Å². The van der Waals surface area contributed by atoms with Gasteiger partial charge in [0.2, 0.25) is 0 Å². The van der Waals surface area contributed by atoms with Gasteiger partial charge >= 0.3 is 0 Å². The zero-order valence-corrected chi connectivity index (χ0v) is 8.46. The van der Waals surface area contributed by atoms with E-state index in [-0.39, 0.29) is 17.9 Å². The van der Waals surface area contributed by atoms with Crippen LogP contribution in [0.2, 0.25) is 0 Å². The van der Waals surface area contributed by atoms with E-state index in [9.17, 15) is 4.79 Å². The Morgan fingerprint density at radius 2 is 1.85 bits per heavy atom. The second kappa shape index (κ2) is 4.75. The van der Waals surface area contributed by atoms with E-state index in [0.29, 0.717) is 0 Å². The van der Waals surface area contributed by atoms with Gasteiger partial charge in [-0.2, -0.15) is 0 Å². The Bertz CT molecular complexity index is 157. The maximum Gasteiger partial charge on any atom is 0.126 e. The van der Waals surface area contributed by atoms with E-state index in [1.165, 1.54) is 12.8 Å². The average Bonchev–Trinajstić information content (AvgIpc) is 2.42. The fourth-order valence-corrected chi connectivity index (χ4v) is 2.30. The van der Waals surface area contributed by atoms with E-state index in [1.54, 1.807) is 0 Å². The molecule has 2 nitrogen and oxygen atoms in total. The Kier molecular flexibility index (Phi) is 3.91. The van der Waals surface area contributed by atoms with Gasteiger partial charge in [-0.1, -0.05) is 32.6 Å². The summed E-state index contributed by atoms with van der Waals surface area (Å²) in [5.41, 5.74) is -0.217. The first-order valence-electron chi connectivity index (χ1n) is 5.32. The van der Waals surface area contributed by atoms with Crippen LogP contribution in [0.25, 0.3) is 0 Å². The number of carbonyl (C=O) groups excluding carboxylic acids is 1. The van der Waals surface area contributed by atoms with E-state index in [2.05, 4.69) is 0 Å². The second-order valence-corrected chi connectivity index (χ2v) is 4.35. The van der Waals surface area contributed by atoms with Crippen LogP contribution in [0.5, 0.6) is 0 Å². The van der Waals surface area contributed by atoms with E-state index in [0.717, 1.165) is 32.0 Å². The molecule has 0 spiro atoms. The van der Waals surface area contributed by atoms with Crippen molar-refractivity contribution < 1.29 is 9.90 Å². The summed E-state index contributed by atoms with van der Waals surface area (Å²) in [6.07, 6.45) is 7.81. The molecular weight excluding hydrogens is 164 g/mol. The van der Waals surface area contributed by atoms with E-state index in [1.807, 2.05) is 6.92 Å². The van der Waals surface area contributed by atoms with Crippen molar-refractivity contribution in [3.8, 4) is 0 Å². The van der Waals surface area contributed by atoms with Gasteiger partial charge in [0.15, 0.2) is 0 Å². The van der Waals surface area contributed by atoms with Crippen LogP contribution in [0.3, 0.4) is 0 Å². The summed E-state index contributed by atoms with van der Waals surface area (Å²) in [5, 5.41) is 9.12. The fourth-order valence-electron chi connectivity index (χ4n) is 2.30. The molecule has 1 rings (SSSR count). The molecule has 0 aromatic rings. The average molecular weight is 184 g/mol. The van der Waals surface area contributed by atoms with E-state index >= 15 is 0 Å². The zero-order valence-electron chi connectivity index (χ0n) is 8.46. The number of aliphatic hydroxyl groups is 1. The molecule has 0 heterocycles. The number of aldehydes is 1. The van der Waals surface area contributed by atoms with Crippen molar-refractivity contribution in [3.05, 3.63) is 0 Å². The van der Waals surface area contributed by atoms with Crippen LogP contribution in [0.1, 0.15) is 45.4 Å². The molecule has 1 saturated carbocycles. The summed E-state index contributed by atoms with van der Waals surface area (Å²) in [7, 11) is 0. The van der Waals surface area contributed by atoms with Crippen LogP contribution < -0.4 is 0 Å². The lowest BCUT2D eigenvalue weighted by Crippen LogP contribution is -2.32. The van der Waals surface area contributed by atoms with Gasteiger partial charge < -0.3 is 9.90 Å². The number of rotatable bonds is 3. The highest BCUT2D eigenvalue weighted by molar-refractivity contribution is 5.60. The molecule has 0 bridgehead atoms. The molecule has 1 atom stereocenters. The van der Waals surface area contributed by atoms with Gasteiger partial charge in [0.25, 0.3) is 0 Å². The fraction of sp³-hybridized carbons (Fsp3) is 0.909. The molecular formula is C11H20O2. The van der Waals surface area contributed by atoms with Crippen molar-refractivity contribution >= 4 is 6.29 Å². The SMILES string of the molecule is CC(CO)C1(C=O)CCCCCC1. The molecule has 1 N–H and O–H groups in total. The summed E-state index contributed by atoms with van der Waals surface area (Å²) in [5.74, 6) is 0.128. The number of hydrogen-bond acceptors (Lipinski definition) is 2. The van der Waals surface area contributed by atoms with Crippen LogP contribution >= 0.6 is 0 Å². The third kappa shape index (κ3) is 2.31. The third-order valence-corrected chi connectivity index (χ3v) is 3.52. The van der Waals surface area contributed by atoms with Crippen LogP contribution in [0.4, 0.5) is 0 Å². The molecule has 0 aliphatic heterocycles. The molecule has 0 amide bonds. The third-order valence-electron chi connectivity index (χ3n) is 3.52. The highest BCUT2D eigenvalue weighted by Gasteiger charge is 2.35. The molecule has 76 valence electrons. The molecule has 0 saturated heterocycles. The monoisotopic (exact) mass is 184 g/mol. The Morgan fingerprint density at radius 3 is 2.23 bits per heavy atom. The lowest BCUT2D eigenvalue weighted by atomic mass is 9.72. The summed E-state index contributed by atoms with van der Waals surface area (Å²) < 4.78 is 0. The highest BCUT2D eigenvalue weighted by Crippen LogP contribution is 2.39. The lowest BCUT2D eigenvalue weighted by Gasteiger charge is -2.31. The van der Waals surface area contributed by atoms with Crippen LogP contribution in [-0.4, -0.2) is 18.0 Å². The summed E-state index contributed by atoms with van der Waals surface area (Å²) in [6.45, 7) is 2.12. The Morgan fingerprint density at radius 1 is 1.31 bits per heavy atom. The van der Waals surface area contributed by atoms with Gasteiger partial charge in [0, 0.05) is 12.0 Å². The quantitative estimate of drug-likeness (QED) is 0.539. The molecule has 13 heavy (non-hydrogen) atoms. The predicted octanol–water partition coefficient (Wildman–Crippen LogP) is 2.15. The molecule has 1 aliphatic rings.